The Labute approximate surface area is 203 Å². The Morgan fingerprint density at radius 2 is 1.68 bits per heavy atom. The zero-order valence-corrected chi connectivity index (χ0v) is 20.0. The SMILES string of the molecule is O=C(NS(=O)(=O)C(F)(OCC1CCN(C(=O)c2cccc(Cl)c2)CC1)C1CC1)c1ccccc1. The van der Waals surface area contributed by atoms with Gasteiger partial charge in [-0.2, -0.15) is 4.39 Å². The molecular weight excluding hydrogens is 483 g/mol. The maximum absolute atomic E-state index is 15.7. The predicted molar refractivity (Wildman–Crippen MR) is 125 cm³/mol. The topological polar surface area (TPSA) is 92.8 Å². The first-order valence-corrected chi connectivity index (χ1v) is 13.0. The van der Waals surface area contributed by atoms with Crippen molar-refractivity contribution in [2.24, 2.45) is 11.8 Å². The van der Waals surface area contributed by atoms with E-state index in [0.29, 0.717) is 49.4 Å². The van der Waals surface area contributed by atoms with E-state index in [1.165, 1.54) is 12.1 Å². The quantitative estimate of drug-likeness (QED) is 0.581. The van der Waals surface area contributed by atoms with Gasteiger partial charge in [0.05, 0.1) is 6.61 Å². The zero-order valence-electron chi connectivity index (χ0n) is 18.5. The van der Waals surface area contributed by atoms with Crippen LogP contribution in [0.4, 0.5) is 4.39 Å². The van der Waals surface area contributed by atoms with Crippen molar-refractivity contribution in [3.05, 3.63) is 70.7 Å². The number of hydrogen-bond donors (Lipinski definition) is 1. The lowest BCUT2D eigenvalue weighted by Crippen LogP contribution is -2.49. The molecule has 2 amide bonds. The maximum Gasteiger partial charge on any atom is 0.333 e. The molecule has 4 rings (SSSR count). The van der Waals surface area contributed by atoms with Crippen LogP contribution in [0.15, 0.2) is 54.6 Å². The summed E-state index contributed by atoms with van der Waals surface area (Å²) in [5.41, 5.74) is 0.611. The number of nitrogens with one attached hydrogen (secondary N) is 1. The predicted octanol–water partition coefficient (Wildman–Crippen LogP) is 4.00. The van der Waals surface area contributed by atoms with Gasteiger partial charge in [0.1, 0.15) is 0 Å². The van der Waals surface area contributed by atoms with Crippen LogP contribution in [0.2, 0.25) is 5.02 Å². The summed E-state index contributed by atoms with van der Waals surface area (Å²) in [6, 6.07) is 14.5. The first-order chi connectivity index (χ1) is 16.2. The molecule has 2 aliphatic rings. The van der Waals surface area contributed by atoms with Gasteiger partial charge < -0.3 is 9.64 Å². The Kier molecular flexibility index (Phi) is 7.25. The van der Waals surface area contributed by atoms with E-state index in [9.17, 15) is 18.0 Å². The van der Waals surface area contributed by atoms with E-state index in [-0.39, 0.29) is 24.0 Å². The Bertz CT molecular complexity index is 1150. The average Bonchev–Trinajstić information content (AvgIpc) is 3.68. The van der Waals surface area contributed by atoms with Crippen molar-refractivity contribution in [3.8, 4) is 0 Å². The molecule has 1 N–H and O–H groups in total. The second-order valence-electron chi connectivity index (χ2n) is 8.71. The number of hydrogen-bond acceptors (Lipinski definition) is 5. The first-order valence-electron chi connectivity index (χ1n) is 11.2. The molecule has 1 unspecified atom stereocenters. The molecule has 2 aromatic rings. The summed E-state index contributed by atoms with van der Waals surface area (Å²) in [6.07, 6.45) is 1.82. The fourth-order valence-electron chi connectivity index (χ4n) is 4.02. The van der Waals surface area contributed by atoms with E-state index in [1.807, 2.05) is 4.72 Å². The van der Waals surface area contributed by atoms with Crippen LogP contribution in [0, 0.1) is 11.8 Å². The molecule has 1 saturated carbocycles. The maximum atomic E-state index is 15.7. The lowest BCUT2D eigenvalue weighted by atomic mass is 9.97. The van der Waals surface area contributed by atoms with Crippen LogP contribution in [-0.4, -0.2) is 50.0 Å². The van der Waals surface area contributed by atoms with E-state index in [0.717, 1.165) is 0 Å². The summed E-state index contributed by atoms with van der Waals surface area (Å²) >= 11 is 5.97. The molecule has 2 aromatic carbocycles. The van der Waals surface area contributed by atoms with E-state index in [4.69, 9.17) is 16.3 Å². The average molecular weight is 509 g/mol. The Hall–Kier alpha value is -2.49. The van der Waals surface area contributed by atoms with Crippen molar-refractivity contribution < 1.29 is 27.1 Å². The number of benzene rings is 2. The van der Waals surface area contributed by atoms with Gasteiger partial charge in [-0.05, 0) is 61.9 Å². The van der Waals surface area contributed by atoms with Crippen molar-refractivity contribution in [1.29, 1.82) is 0 Å². The second-order valence-corrected chi connectivity index (χ2v) is 10.9. The van der Waals surface area contributed by atoms with Crippen LogP contribution in [0.3, 0.4) is 0 Å². The fourth-order valence-corrected chi connectivity index (χ4v) is 5.61. The minimum atomic E-state index is -4.74. The molecule has 0 aromatic heterocycles. The summed E-state index contributed by atoms with van der Waals surface area (Å²) in [5.74, 6) is -1.97. The van der Waals surface area contributed by atoms with E-state index in [1.54, 1.807) is 47.4 Å². The van der Waals surface area contributed by atoms with Crippen molar-refractivity contribution in [3.63, 3.8) is 0 Å². The zero-order chi connectivity index (χ0) is 24.3. The molecule has 0 radical (unpaired) electrons. The second kappa shape index (κ2) is 10.0. The highest BCUT2D eigenvalue weighted by molar-refractivity contribution is 7.91. The number of nitrogens with zero attached hydrogens (tertiary/aromatic N) is 1. The minimum absolute atomic E-state index is 0.112. The third-order valence-corrected chi connectivity index (χ3v) is 8.06. The summed E-state index contributed by atoms with van der Waals surface area (Å²) in [6.45, 7) is 0.770. The normalized spacial score (nSPS) is 18.8. The molecule has 182 valence electrons. The first kappa shape index (κ1) is 24.6. The smallest absolute Gasteiger partial charge is 0.333 e. The van der Waals surface area contributed by atoms with Crippen molar-refractivity contribution in [2.75, 3.05) is 19.7 Å². The van der Waals surface area contributed by atoms with Gasteiger partial charge in [0, 0.05) is 35.2 Å². The number of piperidine rings is 1. The van der Waals surface area contributed by atoms with Gasteiger partial charge in [0.15, 0.2) is 0 Å². The van der Waals surface area contributed by atoms with Gasteiger partial charge in [-0.3, -0.25) is 9.59 Å². The monoisotopic (exact) mass is 508 g/mol. The number of rotatable bonds is 8. The van der Waals surface area contributed by atoms with Gasteiger partial charge in [-0.25, -0.2) is 13.1 Å². The van der Waals surface area contributed by atoms with Crippen LogP contribution in [0.5, 0.6) is 0 Å². The highest BCUT2D eigenvalue weighted by Crippen LogP contribution is 2.46. The Morgan fingerprint density at radius 3 is 2.29 bits per heavy atom. The number of halogens is 2. The summed E-state index contributed by atoms with van der Waals surface area (Å²) in [5, 5.41) is -2.50. The van der Waals surface area contributed by atoms with Crippen LogP contribution < -0.4 is 4.72 Å². The summed E-state index contributed by atoms with van der Waals surface area (Å²) in [4.78, 5) is 26.7. The molecule has 1 aliphatic heterocycles. The Balaban J connectivity index is 1.35. The lowest BCUT2D eigenvalue weighted by Gasteiger charge is -2.34. The lowest BCUT2D eigenvalue weighted by molar-refractivity contribution is -0.109. The number of carbonyl (C=O) groups is 2. The molecule has 10 heteroatoms. The van der Waals surface area contributed by atoms with E-state index >= 15 is 4.39 Å². The number of ether oxygens (including phenoxy) is 1. The van der Waals surface area contributed by atoms with Gasteiger partial charge in [0.2, 0.25) is 0 Å². The molecule has 0 bridgehead atoms. The standard InChI is InChI=1S/C24H26ClFN2O5S/c25-21-8-4-7-19(15-21)23(30)28-13-11-17(12-14-28)16-33-24(26,20-9-10-20)34(31,32)27-22(29)18-5-2-1-3-6-18/h1-8,15,17,20H,9-14,16H2,(H,27,29). The van der Waals surface area contributed by atoms with Gasteiger partial charge in [-0.15, -0.1) is 0 Å². The molecule has 2 fully saturated rings. The molecular formula is C24H26ClFN2O5S. The van der Waals surface area contributed by atoms with Crippen LogP contribution >= 0.6 is 11.6 Å². The van der Waals surface area contributed by atoms with Gasteiger partial charge in [0.25, 0.3) is 21.8 Å². The van der Waals surface area contributed by atoms with Crippen LogP contribution in [0.25, 0.3) is 0 Å². The van der Waals surface area contributed by atoms with E-state index < -0.39 is 27.0 Å². The van der Waals surface area contributed by atoms with Crippen molar-refractivity contribution >= 4 is 33.4 Å². The molecule has 0 spiro atoms. The summed E-state index contributed by atoms with van der Waals surface area (Å²) in [7, 11) is -4.74. The molecule has 7 nitrogen and oxygen atoms in total. The highest BCUT2D eigenvalue weighted by atomic mass is 35.5. The third kappa shape index (κ3) is 5.42. The van der Waals surface area contributed by atoms with Crippen molar-refractivity contribution in [2.45, 2.75) is 30.9 Å². The third-order valence-electron chi connectivity index (χ3n) is 6.18. The molecule has 1 aliphatic carbocycles. The highest BCUT2D eigenvalue weighted by Gasteiger charge is 2.58. The fraction of sp³-hybridized carbons (Fsp3) is 0.417. The number of alkyl halides is 1. The number of carbonyl (C=O) groups excluding carboxylic acids is 2. The Morgan fingerprint density at radius 1 is 1.03 bits per heavy atom. The van der Waals surface area contributed by atoms with Crippen LogP contribution in [-0.2, 0) is 14.8 Å². The molecule has 1 atom stereocenters. The largest absolute Gasteiger partial charge is 0.339 e. The number of sulfonamides is 1. The summed E-state index contributed by atoms with van der Waals surface area (Å²) < 4.78 is 48.6. The minimum Gasteiger partial charge on any atom is -0.339 e. The molecule has 34 heavy (non-hydrogen) atoms. The van der Waals surface area contributed by atoms with E-state index in [2.05, 4.69) is 0 Å². The van der Waals surface area contributed by atoms with Crippen LogP contribution in [0.1, 0.15) is 46.4 Å². The number of amides is 2. The van der Waals surface area contributed by atoms with Crippen molar-refractivity contribution in [1.82, 2.24) is 9.62 Å². The van der Waals surface area contributed by atoms with Gasteiger partial charge >= 0.3 is 5.19 Å². The molecule has 1 heterocycles. The van der Waals surface area contributed by atoms with Gasteiger partial charge in [-0.1, -0.05) is 35.9 Å². The number of likely N-dealkylation sites (tertiary alicyclic amines) is 1. The molecule has 1 saturated heterocycles.